The molecule has 0 saturated heterocycles. The first kappa shape index (κ1) is 14.1. The maximum Gasteiger partial charge on any atom is 0.390 e. The van der Waals surface area contributed by atoms with Crippen LogP contribution >= 0.6 is 0 Å². The number of aromatic hydroxyl groups is 2. The molecule has 4 nitrogen and oxygen atoms in total. The van der Waals surface area contributed by atoms with Crippen LogP contribution in [0.25, 0.3) is 0 Å². The van der Waals surface area contributed by atoms with Crippen molar-refractivity contribution in [3.8, 4) is 11.5 Å². The number of carbonyl (C=O) groups excluding carboxylic acids is 1. The SMILES string of the molecule is CN(CCC(F)(F)F)C(=O)c1ccc(O)c(O)c1. The summed E-state index contributed by atoms with van der Waals surface area (Å²) in [5.41, 5.74) is 0.00924. The largest absolute Gasteiger partial charge is 0.504 e. The summed E-state index contributed by atoms with van der Waals surface area (Å²) in [4.78, 5) is 12.6. The van der Waals surface area contributed by atoms with E-state index in [1.807, 2.05) is 0 Å². The molecule has 7 heteroatoms. The number of hydrogen-bond donors (Lipinski definition) is 2. The Morgan fingerprint density at radius 2 is 1.89 bits per heavy atom. The number of phenolic OH excluding ortho intramolecular Hbond substituents is 2. The van der Waals surface area contributed by atoms with E-state index >= 15 is 0 Å². The highest BCUT2D eigenvalue weighted by molar-refractivity contribution is 5.94. The van der Waals surface area contributed by atoms with Gasteiger partial charge in [-0.15, -0.1) is 0 Å². The van der Waals surface area contributed by atoms with Crippen LogP contribution < -0.4 is 0 Å². The van der Waals surface area contributed by atoms with Gasteiger partial charge in [-0.05, 0) is 18.2 Å². The number of phenols is 2. The molecule has 1 aromatic rings. The van der Waals surface area contributed by atoms with Crippen LogP contribution in [0.3, 0.4) is 0 Å². The summed E-state index contributed by atoms with van der Waals surface area (Å²) in [5, 5.41) is 18.2. The van der Waals surface area contributed by atoms with Crippen LogP contribution in [0, 0.1) is 0 Å². The van der Waals surface area contributed by atoms with Crippen molar-refractivity contribution < 1.29 is 28.2 Å². The Balaban J connectivity index is 2.71. The van der Waals surface area contributed by atoms with Crippen molar-refractivity contribution in [2.75, 3.05) is 13.6 Å². The summed E-state index contributed by atoms with van der Waals surface area (Å²) in [7, 11) is 1.23. The monoisotopic (exact) mass is 263 g/mol. The first-order chi connectivity index (χ1) is 8.20. The van der Waals surface area contributed by atoms with Gasteiger partial charge < -0.3 is 15.1 Å². The van der Waals surface area contributed by atoms with Crippen molar-refractivity contribution in [1.82, 2.24) is 4.90 Å². The molecule has 0 heterocycles. The summed E-state index contributed by atoms with van der Waals surface area (Å²) < 4.78 is 36.0. The van der Waals surface area contributed by atoms with Crippen LogP contribution in [0.5, 0.6) is 11.5 Å². The molecule has 0 aliphatic rings. The fraction of sp³-hybridized carbons (Fsp3) is 0.364. The lowest BCUT2D eigenvalue weighted by atomic mass is 10.1. The van der Waals surface area contributed by atoms with Gasteiger partial charge in [-0.2, -0.15) is 13.2 Å². The van der Waals surface area contributed by atoms with E-state index in [1.165, 1.54) is 13.1 Å². The molecule has 0 radical (unpaired) electrons. The van der Waals surface area contributed by atoms with Crippen molar-refractivity contribution in [3.05, 3.63) is 23.8 Å². The fourth-order valence-corrected chi connectivity index (χ4v) is 1.27. The first-order valence-corrected chi connectivity index (χ1v) is 5.05. The lowest BCUT2D eigenvalue weighted by Crippen LogP contribution is -2.30. The third-order valence-electron chi connectivity index (χ3n) is 2.30. The molecular weight excluding hydrogens is 251 g/mol. The minimum atomic E-state index is -4.33. The second kappa shape index (κ2) is 5.16. The number of rotatable bonds is 3. The van der Waals surface area contributed by atoms with Crippen molar-refractivity contribution >= 4 is 5.91 Å². The highest BCUT2D eigenvalue weighted by Gasteiger charge is 2.28. The van der Waals surface area contributed by atoms with E-state index < -0.39 is 36.5 Å². The number of halogens is 3. The molecule has 0 atom stereocenters. The molecule has 0 spiro atoms. The number of alkyl halides is 3. The lowest BCUT2D eigenvalue weighted by Gasteiger charge is -2.18. The van der Waals surface area contributed by atoms with Crippen molar-refractivity contribution in [3.63, 3.8) is 0 Å². The van der Waals surface area contributed by atoms with E-state index in [0.717, 1.165) is 17.0 Å². The van der Waals surface area contributed by atoms with E-state index in [1.54, 1.807) is 0 Å². The number of hydrogen-bond acceptors (Lipinski definition) is 3. The van der Waals surface area contributed by atoms with Gasteiger partial charge in [-0.3, -0.25) is 4.79 Å². The molecule has 1 aromatic carbocycles. The van der Waals surface area contributed by atoms with E-state index in [9.17, 15) is 23.1 Å². The fourth-order valence-electron chi connectivity index (χ4n) is 1.27. The van der Waals surface area contributed by atoms with E-state index in [-0.39, 0.29) is 5.56 Å². The van der Waals surface area contributed by atoms with E-state index in [0.29, 0.717) is 0 Å². The standard InChI is InChI=1S/C11H12F3NO3/c1-15(5-4-11(12,13)14)10(18)7-2-3-8(16)9(17)6-7/h2-3,6,16-17H,4-5H2,1H3. The molecule has 0 unspecified atom stereocenters. The second-order valence-corrected chi connectivity index (χ2v) is 3.80. The smallest absolute Gasteiger partial charge is 0.390 e. The lowest BCUT2D eigenvalue weighted by molar-refractivity contribution is -0.136. The molecule has 0 aliphatic carbocycles. The third kappa shape index (κ3) is 3.83. The highest BCUT2D eigenvalue weighted by atomic mass is 19.4. The summed E-state index contributed by atoms with van der Waals surface area (Å²) in [6.45, 7) is -0.468. The van der Waals surface area contributed by atoms with Crippen molar-refractivity contribution in [1.29, 1.82) is 0 Å². The predicted octanol–water partition coefficient (Wildman–Crippen LogP) is 2.12. The molecule has 2 N–H and O–H groups in total. The molecule has 0 aromatic heterocycles. The highest BCUT2D eigenvalue weighted by Crippen LogP contribution is 2.25. The van der Waals surface area contributed by atoms with Crippen LogP contribution in [0.1, 0.15) is 16.8 Å². The molecule has 1 amide bonds. The van der Waals surface area contributed by atoms with E-state index in [4.69, 9.17) is 5.11 Å². The van der Waals surface area contributed by atoms with Crippen LogP contribution in [0.2, 0.25) is 0 Å². The molecule has 0 bridgehead atoms. The number of benzene rings is 1. The summed E-state index contributed by atoms with van der Waals surface area (Å²) in [5.74, 6) is -1.55. The molecule has 1 rings (SSSR count). The van der Waals surface area contributed by atoms with Gasteiger partial charge in [0.2, 0.25) is 0 Å². The number of nitrogens with zero attached hydrogens (tertiary/aromatic N) is 1. The quantitative estimate of drug-likeness (QED) is 0.821. The Morgan fingerprint density at radius 3 is 2.39 bits per heavy atom. The molecule has 18 heavy (non-hydrogen) atoms. The zero-order chi connectivity index (χ0) is 13.9. The minimum absolute atomic E-state index is 0.00924. The van der Waals surface area contributed by atoms with Crippen molar-refractivity contribution in [2.45, 2.75) is 12.6 Å². The summed E-state index contributed by atoms with van der Waals surface area (Å²) in [6.07, 6.45) is -5.43. The van der Waals surface area contributed by atoms with Gasteiger partial charge in [0.15, 0.2) is 11.5 Å². The van der Waals surface area contributed by atoms with Gasteiger partial charge in [0.25, 0.3) is 5.91 Å². The Labute approximate surface area is 101 Å². The maximum atomic E-state index is 12.0. The van der Waals surface area contributed by atoms with Crippen LogP contribution in [0.15, 0.2) is 18.2 Å². The zero-order valence-electron chi connectivity index (χ0n) is 9.53. The summed E-state index contributed by atoms with van der Waals surface area (Å²) >= 11 is 0. The Kier molecular flexibility index (Phi) is 4.05. The van der Waals surface area contributed by atoms with Gasteiger partial charge in [0.05, 0.1) is 6.42 Å². The number of amides is 1. The topological polar surface area (TPSA) is 60.8 Å². The average molecular weight is 263 g/mol. The van der Waals surface area contributed by atoms with Gasteiger partial charge in [0.1, 0.15) is 0 Å². The maximum absolute atomic E-state index is 12.0. The molecule has 0 fully saturated rings. The van der Waals surface area contributed by atoms with Crippen molar-refractivity contribution in [2.24, 2.45) is 0 Å². The summed E-state index contributed by atoms with van der Waals surface area (Å²) in [6, 6.07) is 3.32. The Bertz CT molecular complexity index is 446. The van der Waals surface area contributed by atoms with Gasteiger partial charge in [-0.1, -0.05) is 0 Å². The number of carbonyl (C=O) groups is 1. The van der Waals surface area contributed by atoms with Crippen LogP contribution in [-0.4, -0.2) is 40.8 Å². The van der Waals surface area contributed by atoms with Crippen LogP contribution in [-0.2, 0) is 0 Å². The average Bonchev–Trinajstić information content (AvgIpc) is 2.27. The second-order valence-electron chi connectivity index (χ2n) is 3.80. The predicted molar refractivity (Wildman–Crippen MR) is 57.4 cm³/mol. The van der Waals surface area contributed by atoms with Gasteiger partial charge >= 0.3 is 6.18 Å². The van der Waals surface area contributed by atoms with Gasteiger partial charge in [-0.25, -0.2) is 0 Å². The minimum Gasteiger partial charge on any atom is -0.504 e. The Morgan fingerprint density at radius 1 is 1.28 bits per heavy atom. The Hall–Kier alpha value is -1.92. The third-order valence-corrected chi connectivity index (χ3v) is 2.30. The molecule has 0 aliphatic heterocycles. The molecule has 0 saturated carbocycles. The van der Waals surface area contributed by atoms with Gasteiger partial charge in [0, 0.05) is 19.2 Å². The van der Waals surface area contributed by atoms with E-state index in [2.05, 4.69) is 0 Å². The molecule has 100 valence electrons. The van der Waals surface area contributed by atoms with Crippen LogP contribution in [0.4, 0.5) is 13.2 Å². The zero-order valence-corrected chi connectivity index (χ0v) is 9.53. The first-order valence-electron chi connectivity index (χ1n) is 5.05. The normalized spacial score (nSPS) is 11.3. The molecular formula is C11H12F3NO3.